The normalized spacial score (nSPS) is 11.8. The maximum atomic E-state index is 12.8. The predicted molar refractivity (Wildman–Crippen MR) is 113 cm³/mol. The zero-order valence-electron chi connectivity index (χ0n) is 16.0. The Balaban J connectivity index is 1.66. The molecule has 2 aromatic carbocycles. The molecule has 0 bridgehead atoms. The van der Waals surface area contributed by atoms with E-state index < -0.39 is 15.8 Å². The van der Waals surface area contributed by atoms with Crippen LogP contribution in [0.1, 0.15) is 24.2 Å². The van der Waals surface area contributed by atoms with Crippen molar-refractivity contribution in [2.45, 2.75) is 31.7 Å². The van der Waals surface area contributed by atoms with Crippen LogP contribution in [0.2, 0.25) is 0 Å². The van der Waals surface area contributed by atoms with Gasteiger partial charge >= 0.3 is 5.76 Å². The van der Waals surface area contributed by atoms with Crippen LogP contribution in [0.4, 0.5) is 5.69 Å². The molecule has 0 fully saturated rings. The van der Waals surface area contributed by atoms with E-state index in [4.69, 9.17) is 8.94 Å². The van der Waals surface area contributed by atoms with Crippen molar-refractivity contribution in [1.82, 2.24) is 14.7 Å². The molecule has 0 radical (unpaired) electrons. The van der Waals surface area contributed by atoms with Crippen LogP contribution in [-0.4, -0.2) is 23.1 Å². The third-order valence-corrected chi connectivity index (χ3v) is 6.74. The van der Waals surface area contributed by atoms with E-state index in [0.29, 0.717) is 29.3 Å². The van der Waals surface area contributed by atoms with Crippen molar-refractivity contribution >= 4 is 42.7 Å². The molecule has 4 rings (SSSR count). The number of hydrogen-bond donors (Lipinski definition) is 1. The van der Waals surface area contributed by atoms with Crippen LogP contribution in [0.25, 0.3) is 11.1 Å². The number of nitrogens with zero attached hydrogens (tertiary/aromatic N) is 3. The standard InChI is InChI=1S/C19H17BrN4O5S/c1-3-18-21-17(22-29-18)10-24-15-7-5-13(9-16(15)28-19(24)25)30(26,27)23-12-4-6-14(20)11(2)8-12/h4-9,23H,3,10H2,1-2H3. The molecule has 0 aliphatic rings. The Kier molecular flexibility index (Phi) is 5.24. The van der Waals surface area contributed by atoms with Gasteiger partial charge in [-0.15, -0.1) is 0 Å². The van der Waals surface area contributed by atoms with Crippen molar-refractivity contribution in [2.75, 3.05) is 4.72 Å². The van der Waals surface area contributed by atoms with Gasteiger partial charge in [0.15, 0.2) is 11.4 Å². The Bertz CT molecular complexity index is 1400. The largest absolute Gasteiger partial charge is 0.420 e. The molecule has 2 heterocycles. The van der Waals surface area contributed by atoms with Gasteiger partial charge in [-0.3, -0.25) is 9.29 Å². The van der Waals surface area contributed by atoms with Crippen LogP contribution in [0.5, 0.6) is 0 Å². The molecule has 0 saturated heterocycles. The second kappa shape index (κ2) is 7.73. The molecule has 0 aliphatic carbocycles. The molecule has 0 saturated carbocycles. The summed E-state index contributed by atoms with van der Waals surface area (Å²) in [5.74, 6) is 0.160. The van der Waals surface area contributed by atoms with Gasteiger partial charge in [0, 0.05) is 22.6 Å². The molecule has 156 valence electrons. The monoisotopic (exact) mass is 492 g/mol. The highest BCUT2D eigenvalue weighted by atomic mass is 79.9. The number of sulfonamides is 1. The number of nitrogens with one attached hydrogen (secondary N) is 1. The highest BCUT2D eigenvalue weighted by molar-refractivity contribution is 9.10. The van der Waals surface area contributed by atoms with Crippen LogP contribution >= 0.6 is 15.9 Å². The molecule has 0 amide bonds. The predicted octanol–water partition coefficient (Wildman–Crippen LogP) is 3.46. The minimum atomic E-state index is -3.87. The minimum Gasteiger partial charge on any atom is -0.408 e. The first-order chi connectivity index (χ1) is 14.3. The number of benzene rings is 2. The average molecular weight is 493 g/mol. The molecular formula is C19H17BrN4O5S. The molecule has 0 atom stereocenters. The van der Waals surface area contributed by atoms with E-state index in [2.05, 4.69) is 30.8 Å². The summed E-state index contributed by atoms with van der Waals surface area (Å²) in [6, 6.07) is 9.37. The smallest absolute Gasteiger partial charge is 0.408 e. The third-order valence-electron chi connectivity index (χ3n) is 4.47. The first-order valence-corrected chi connectivity index (χ1v) is 11.3. The highest BCUT2D eigenvalue weighted by Crippen LogP contribution is 2.24. The summed E-state index contributed by atoms with van der Waals surface area (Å²) in [6.45, 7) is 3.79. The van der Waals surface area contributed by atoms with Gasteiger partial charge in [-0.25, -0.2) is 13.2 Å². The summed E-state index contributed by atoms with van der Waals surface area (Å²) >= 11 is 3.38. The van der Waals surface area contributed by atoms with Crippen LogP contribution < -0.4 is 10.5 Å². The fourth-order valence-corrected chi connectivity index (χ4v) is 4.24. The molecule has 0 spiro atoms. The molecule has 1 N–H and O–H groups in total. The lowest BCUT2D eigenvalue weighted by molar-refractivity contribution is 0.375. The first kappa shape index (κ1) is 20.4. The summed E-state index contributed by atoms with van der Waals surface area (Å²) in [7, 11) is -3.87. The van der Waals surface area contributed by atoms with Gasteiger partial charge in [0.2, 0.25) is 5.89 Å². The topological polar surface area (TPSA) is 120 Å². The summed E-state index contributed by atoms with van der Waals surface area (Å²) in [4.78, 5) is 16.4. The van der Waals surface area contributed by atoms with Crippen molar-refractivity contribution in [3.05, 3.63) is 68.7 Å². The highest BCUT2D eigenvalue weighted by Gasteiger charge is 2.19. The van der Waals surface area contributed by atoms with Crippen LogP contribution in [0.15, 0.2) is 59.5 Å². The fraction of sp³-hybridized carbons (Fsp3) is 0.211. The molecule has 0 unspecified atom stereocenters. The van der Waals surface area contributed by atoms with Gasteiger partial charge in [0.05, 0.1) is 17.0 Å². The van der Waals surface area contributed by atoms with Crippen LogP contribution in [0.3, 0.4) is 0 Å². The molecule has 30 heavy (non-hydrogen) atoms. The van der Waals surface area contributed by atoms with Gasteiger partial charge < -0.3 is 8.94 Å². The molecule has 9 nitrogen and oxygen atoms in total. The molecule has 4 aromatic rings. The molecule has 11 heteroatoms. The number of hydrogen-bond acceptors (Lipinski definition) is 7. The lowest BCUT2D eigenvalue weighted by Gasteiger charge is -2.09. The Labute approximate surface area is 179 Å². The number of oxazole rings is 1. The lowest BCUT2D eigenvalue weighted by atomic mass is 10.2. The first-order valence-electron chi connectivity index (χ1n) is 9.00. The van der Waals surface area contributed by atoms with E-state index >= 15 is 0 Å². The van der Waals surface area contributed by atoms with Crippen molar-refractivity contribution in [3.8, 4) is 0 Å². The zero-order valence-corrected chi connectivity index (χ0v) is 18.4. The van der Waals surface area contributed by atoms with Crippen LogP contribution in [-0.2, 0) is 23.0 Å². The van der Waals surface area contributed by atoms with E-state index in [-0.39, 0.29) is 17.0 Å². The SMILES string of the molecule is CCc1nc(Cn2c(=O)oc3cc(S(=O)(=O)Nc4ccc(Br)c(C)c4)ccc32)no1. The lowest BCUT2D eigenvalue weighted by Crippen LogP contribution is -2.15. The summed E-state index contributed by atoms with van der Waals surface area (Å²) in [6.07, 6.45) is 0.583. The maximum absolute atomic E-state index is 12.8. The number of aromatic nitrogens is 3. The van der Waals surface area contributed by atoms with Crippen molar-refractivity contribution in [2.24, 2.45) is 0 Å². The van der Waals surface area contributed by atoms with Crippen LogP contribution in [0, 0.1) is 6.92 Å². The summed E-state index contributed by atoms with van der Waals surface area (Å²) < 4.78 is 40.6. The number of halogens is 1. The molecule has 0 aliphatic heterocycles. The number of fused-ring (bicyclic) bond motifs is 1. The number of aryl methyl sites for hydroxylation is 2. The average Bonchev–Trinajstić information content (AvgIpc) is 3.28. The van der Waals surface area contributed by atoms with Crippen molar-refractivity contribution in [1.29, 1.82) is 0 Å². The van der Waals surface area contributed by atoms with Crippen molar-refractivity contribution in [3.63, 3.8) is 0 Å². The Morgan fingerprint density at radius 1 is 1.20 bits per heavy atom. The second-order valence-corrected chi connectivity index (χ2v) is 9.15. The number of rotatable bonds is 6. The van der Waals surface area contributed by atoms with Gasteiger partial charge in [0.1, 0.15) is 0 Å². The van der Waals surface area contributed by atoms with Gasteiger partial charge in [0.25, 0.3) is 10.0 Å². The second-order valence-electron chi connectivity index (χ2n) is 6.61. The van der Waals surface area contributed by atoms with E-state index in [0.717, 1.165) is 10.0 Å². The van der Waals surface area contributed by atoms with Crippen molar-refractivity contribution < 1.29 is 17.4 Å². The van der Waals surface area contributed by atoms with Gasteiger partial charge in [-0.05, 0) is 42.8 Å². The van der Waals surface area contributed by atoms with E-state index in [1.165, 1.54) is 22.8 Å². The van der Waals surface area contributed by atoms with E-state index in [1.54, 1.807) is 18.2 Å². The minimum absolute atomic E-state index is 0.0238. The van der Waals surface area contributed by atoms with E-state index in [9.17, 15) is 13.2 Å². The third kappa shape index (κ3) is 3.90. The Morgan fingerprint density at radius 2 is 2.00 bits per heavy atom. The summed E-state index contributed by atoms with van der Waals surface area (Å²) in [5.41, 5.74) is 1.90. The fourth-order valence-electron chi connectivity index (χ4n) is 2.93. The maximum Gasteiger partial charge on any atom is 0.420 e. The van der Waals surface area contributed by atoms with E-state index in [1.807, 2.05) is 13.8 Å². The zero-order chi connectivity index (χ0) is 21.5. The Morgan fingerprint density at radius 3 is 2.70 bits per heavy atom. The van der Waals surface area contributed by atoms with Gasteiger partial charge in [-0.2, -0.15) is 4.98 Å². The number of anilines is 1. The van der Waals surface area contributed by atoms with Gasteiger partial charge in [-0.1, -0.05) is 28.0 Å². The Hall–Kier alpha value is -2.92. The quantitative estimate of drug-likeness (QED) is 0.437. The molecular weight excluding hydrogens is 476 g/mol. The molecule has 2 aromatic heterocycles. The summed E-state index contributed by atoms with van der Waals surface area (Å²) in [5, 5.41) is 3.83.